The first-order valence-corrected chi connectivity index (χ1v) is 5.92. The van der Waals surface area contributed by atoms with E-state index in [1.54, 1.807) is 0 Å². The van der Waals surface area contributed by atoms with Gasteiger partial charge < -0.3 is 10.0 Å². The maximum atomic E-state index is 9.62. The fourth-order valence-electron chi connectivity index (χ4n) is 2.31. The maximum Gasteiger partial charge on any atom is 0.0555 e. The molecule has 84 valence electrons. The average molecular weight is 199 g/mol. The van der Waals surface area contributed by atoms with E-state index in [9.17, 15) is 5.11 Å². The van der Waals surface area contributed by atoms with Crippen LogP contribution >= 0.6 is 0 Å². The number of aliphatic hydroxyl groups is 1. The highest BCUT2D eigenvalue weighted by atomic mass is 16.3. The Balaban J connectivity index is 2.46. The molecule has 3 unspecified atom stereocenters. The summed E-state index contributed by atoms with van der Waals surface area (Å²) in [5, 5.41) is 9.62. The van der Waals surface area contributed by atoms with Crippen LogP contribution in [0, 0.1) is 5.92 Å². The molecule has 3 atom stereocenters. The molecule has 1 N–H and O–H groups in total. The van der Waals surface area contributed by atoms with Crippen molar-refractivity contribution in [2.45, 2.75) is 64.6 Å². The highest BCUT2D eigenvalue weighted by molar-refractivity contribution is 4.81. The van der Waals surface area contributed by atoms with E-state index < -0.39 is 0 Å². The number of hydrogen-bond acceptors (Lipinski definition) is 2. The zero-order chi connectivity index (χ0) is 10.7. The van der Waals surface area contributed by atoms with Gasteiger partial charge in [-0.2, -0.15) is 0 Å². The van der Waals surface area contributed by atoms with Crippen molar-refractivity contribution in [3.63, 3.8) is 0 Å². The zero-order valence-electron chi connectivity index (χ0n) is 10.0. The Bertz CT molecular complexity index is 170. The number of hydrogen-bond donors (Lipinski definition) is 1. The SMILES string of the molecule is CC(C)C(C)N(C)C1CCCC(O)C1. The molecule has 0 aliphatic heterocycles. The van der Waals surface area contributed by atoms with Gasteiger partial charge in [-0.05, 0) is 45.6 Å². The minimum atomic E-state index is -0.0597. The Labute approximate surface area is 88.3 Å². The van der Waals surface area contributed by atoms with E-state index in [4.69, 9.17) is 0 Å². The molecular formula is C12H25NO. The van der Waals surface area contributed by atoms with Crippen molar-refractivity contribution in [1.82, 2.24) is 4.90 Å². The lowest BCUT2D eigenvalue weighted by atomic mass is 9.90. The van der Waals surface area contributed by atoms with Crippen molar-refractivity contribution in [3.8, 4) is 0 Å². The average Bonchev–Trinajstić information content (AvgIpc) is 2.15. The standard InChI is InChI=1S/C12H25NO/c1-9(2)10(3)13(4)11-6-5-7-12(14)8-11/h9-12,14H,5-8H2,1-4H3. The van der Waals surface area contributed by atoms with Gasteiger partial charge in [-0.3, -0.25) is 0 Å². The van der Waals surface area contributed by atoms with Gasteiger partial charge in [0.25, 0.3) is 0 Å². The van der Waals surface area contributed by atoms with Crippen molar-refractivity contribution in [3.05, 3.63) is 0 Å². The summed E-state index contributed by atoms with van der Waals surface area (Å²) in [7, 11) is 2.20. The highest BCUT2D eigenvalue weighted by Crippen LogP contribution is 2.25. The monoisotopic (exact) mass is 199 g/mol. The largest absolute Gasteiger partial charge is 0.393 e. The van der Waals surface area contributed by atoms with E-state index >= 15 is 0 Å². The van der Waals surface area contributed by atoms with Crippen molar-refractivity contribution in [2.24, 2.45) is 5.92 Å². The fourth-order valence-corrected chi connectivity index (χ4v) is 2.31. The van der Waals surface area contributed by atoms with Crippen LogP contribution in [0.3, 0.4) is 0 Å². The molecule has 0 bridgehead atoms. The van der Waals surface area contributed by atoms with Gasteiger partial charge in [0.15, 0.2) is 0 Å². The van der Waals surface area contributed by atoms with Crippen LogP contribution in [0.2, 0.25) is 0 Å². The van der Waals surface area contributed by atoms with E-state index in [-0.39, 0.29) is 6.10 Å². The lowest BCUT2D eigenvalue weighted by molar-refractivity contribution is 0.0485. The van der Waals surface area contributed by atoms with Crippen molar-refractivity contribution in [1.29, 1.82) is 0 Å². The summed E-state index contributed by atoms with van der Waals surface area (Å²) in [5.41, 5.74) is 0. The summed E-state index contributed by atoms with van der Waals surface area (Å²) >= 11 is 0. The van der Waals surface area contributed by atoms with Gasteiger partial charge in [-0.1, -0.05) is 13.8 Å². The second-order valence-corrected chi connectivity index (χ2v) is 5.12. The predicted molar refractivity (Wildman–Crippen MR) is 60.3 cm³/mol. The molecule has 0 saturated heterocycles. The van der Waals surface area contributed by atoms with Gasteiger partial charge >= 0.3 is 0 Å². The van der Waals surface area contributed by atoms with E-state index in [1.165, 1.54) is 12.8 Å². The molecule has 0 amide bonds. The van der Waals surface area contributed by atoms with Crippen LogP contribution in [0.15, 0.2) is 0 Å². The predicted octanol–water partition coefficient (Wildman–Crippen LogP) is 2.27. The molecule has 1 aliphatic carbocycles. The van der Waals surface area contributed by atoms with Gasteiger partial charge in [0.2, 0.25) is 0 Å². The maximum absolute atomic E-state index is 9.62. The normalized spacial score (nSPS) is 31.1. The van der Waals surface area contributed by atoms with Crippen LogP contribution in [-0.2, 0) is 0 Å². The number of aliphatic hydroxyl groups excluding tert-OH is 1. The summed E-state index contributed by atoms with van der Waals surface area (Å²) in [4.78, 5) is 2.45. The molecule has 1 rings (SSSR count). The summed E-state index contributed by atoms with van der Waals surface area (Å²) < 4.78 is 0. The summed E-state index contributed by atoms with van der Waals surface area (Å²) in [5.74, 6) is 0.694. The second kappa shape index (κ2) is 5.13. The Hall–Kier alpha value is -0.0800. The molecule has 0 aromatic heterocycles. The van der Waals surface area contributed by atoms with Gasteiger partial charge in [0.1, 0.15) is 0 Å². The molecule has 0 aromatic rings. The van der Waals surface area contributed by atoms with Gasteiger partial charge in [-0.15, -0.1) is 0 Å². The topological polar surface area (TPSA) is 23.5 Å². The van der Waals surface area contributed by atoms with Crippen LogP contribution in [0.5, 0.6) is 0 Å². The smallest absolute Gasteiger partial charge is 0.0555 e. The van der Waals surface area contributed by atoms with Crippen LogP contribution in [0.1, 0.15) is 46.5 Å². The van der Waals surface area contributed by atoms with Crippen LogP contribution in [0.25, 0.3) is 0 Å². The first kappa shape index (κ1) is 12.0. The molecule has 14 heavy (non-hydrogen) atoms. The van der Waals surface area contributed by atoms with Crippen molar-refractivity contribution < 1.29 is 5.11 Å². The quantitative estimate of drug-likeness (QED) is 0.753. The molecule has 0 heterocycles. The summed E-state index contributed by atoms with van der Waals surface area (Å²) in [6.45, 7) is 6.81. The van der Waals surface area contributed by atoms with Crippen LogP contribution < -0.4 is 0 Å². The zero-order valence-corrected chi connectivity index (χ0v) is 10.0. The first-order valence-electron chi connectivity index (χ1n) is 5.92. The third kappa shape index (κ3) is 2.96. The third-order valence-electron chi connectivity index (χ3n) is 3.80. The molecule has 2 nitrogen and oxygen atoms in total. The van der Waals surface area contributed by atoms with Gasteiger partial charge in [0, 0.05) is 12.1 Å². The second-order valence-electron chi connectivity index (χ2n) is 5.12. The van der Waals surface area contributed by atoms with Gasteiger partial charge in [-0.25, -0.2) is 0 Å². The van der Waals surface area contributed by atoms with E-state index in [0.29, 0.717) is 18.0 Å². The van der Waals surface area contributed by atoms with E-state index in [2.05, 4.69) is 32.7 Å². The Morgan fingerprint density at radius 1 is 1.21 bits per heavy atom. The third-order valence-corrected chi connectivity index (χ3v) is 3.80. The highest BCUT2D eigenvalue weighted by Gasteiger charge is 2.26. The first-order chi connectivity index (χ1) is 6.52. The van der Waals surface area contributed by atoms with Gasteiger partial charge in [0.05, 0.1) is 6.10 Å². The van der Waals surface area contributed by atoms with E-state index in [1.807, 2.05) is 0 Å². The molecule has 1 aliphatic rings. The Kier molecular flexibility index (Phi) is 4.39. The molecule has 2 heteroatoms. The molecular weight excluding hydrogens is 174 g/mol. The molecule has 1 saturated carbocycles. The minimum absolute atomic E-state index is 0.0597. The molecule has 0 spiro atoms. The van der Waals surface area contributed by atoms with Crippen molar-refractivity contribution >= 4 is 0 Å². The molecule has 0 aromatic carbocycles. The lowest BCUT2D eigenvalue weighted by Crippen LogP contribution is -2.44. The molecule has 1 fully saturated rings. The minimum Gasteiger partial charge on any atom is -0.393 e. The lowest BCUT2D eigenvalue weighted by Gasteiger charge is -2.38. The fraction of sp³-hybridized carbons (Fsp3) is 1.00. The number of nitrogens with zero attached hydrogens (tertiary/aromatic N) is 1. The summed E-state index contributed by atoms with van der Waals surface area (Å²) in [6, 6.07) is 1.21. The van der Waals surface area contributed by atoms with Crippen LogP contribution in [-0.4, -0.2) is 35.2 Å². The van der Waals surface area contributed by atoms with Crippen molar-refractivity contribution in [2.75, 3.05) is 7.05 Å². The Morgan fingerprint density at radius 2 is 1.86 bits per heavy atom. The number of rotatable bonds is 3. The Morgan fingerprint density at radius 3 is 2.36 bits per heavy atom. The molecule has 0 radical (unpaired) electrons. The van der Waals surface area contributed by atoms with E-state index in [0.717, 1.165) is 12.8 Å². The van der Waals surface area contributed by atoms with Crippen LogP contribution in [0.4, 0.5) is 0 Å². The summed E-state index contributed by atoms with van der Waals surface area (Å²) in [6.07, 6.45) is 4.34.